The molecular formula is C14H17Cl2NO. The molecule has 1 aromatic rings. The highest BCUT2D eigenvalue weighted by Gasteiger charge is 2.22. The number of hydrogen-bond donors (Lipinski definition) is 1. The molecule has 1 N–H and O–H groups in total. The van der Waals surface area contributed by atoms with Crippen molar-refractivity contribution in [3.63, 3.8) is 0 Å². The topological polar surface area (TPSA) is 29.1 Å². The van der Waals surface area contributed by atoms with Crippen LogP contribution in [0.5, 0.6) is 0 Å². The summed E-state index contributed by atoms with van der Waals surface area (Å²) in [6.07, 6.45) is 3.90. The molecule has 4 heteroatoms. The van der Waals surface area contributed by atoms with Crippen molar-refractivity contribution in [2.24, 2.45) is 0 Å². The van der Waals surface area contributed by atoms with Crippen LogP contribution >= 0.6 is 23.2 Å². The quantitative estimate of drug-likeness (QED) is 0.848. The van der Waals surface area contributed by atoms with Crippen LogP contribution < -0.4 is 5.32 Å². The summed E-state index contributed by atoms with van der Waals surface area (Å²) in [6.45, 7) is 2.16. The van der Waals surface area contributed by atoms with Gasteiger partial charge in [-0.2, -0.15) is 0 Å². The molecular weight excluding hydrogens is 269 g/mol. The van der Waals surface area contributed by atoms with Gasteiger partial charge in [-0.1, -0.05) is 35.7 Å². The molecule has 1 aliphatic heterocycles. The van der Waals surface area contributed by atoms with E-state index in [2.05, 4.69) is 12.2 Å². The Morgan fingerprint density at radius 1 is 1.39 bits per heavy atom. The molecule has 1 fully saturated rings. The summed E-state index contributed by atoms with van der Waals surface area (Å²) in [5, 5.41) is 4.26. The molecule has 0 aromatic heterocycles. The lowest BCUT2D eigenvalue weighted by Crippen LogP contribution is -2.41. The minimum absolute atomic E-state index is 0.0640. The maximum atomic E-state index is 12.2. The number of benzene rings is 1. The predicted molar refractivity (Wildman–Crippen MR) is 75.6 cm³/mol. The Labute approximate surface area is 118 Å². The summed E-state index contributed by atoms with van der Waals surface area (Å²) in [7, 11) is 0. The Balaban J connectivity index is 2.05. The molecule has 2 nitrogen and oxygen atoms in total. The van der Waals surface area contributed by atoms with E-state index in [0.717, 1.165) is 6.42 Å². The first-order chi connectivity index (χ1) is 8.58. The van der Waals surface area contributed by atoms with Crippen molar-refractivity contribution in [3.05, 3.63) is 33.8 Å². The van der Waals surface area contributed by atoms with Gasteiger partial charge in [0.1, 0.15) is 0 Å². The fraction of sp³-hybridized carbons (Fsp3) is 0.500. The van der Waals surface area contributed by atoms with Gasteiger partial charge in [0.15, 0.2) is 5.78 Å². The van der Waals surface area contributed by atoms with Crippen molar-refractivity contribution in [2.75, 3.05) is 0 Å². The fourth-order valence-corrected chi connectivity index (χ4v) is 2.86. The van der Waals surface area contributed by atoms with Crippen LogP contribution in [-0.2, 0) is 0 Å². The molecule has 0 radical (unpaired) electrons. The zero-order chi connectivity index (χ0) is 13.1. The molecule has 2 rings (SSSR count). The van der Waals surface area contributed by atoms with E-state index < -0.39 is 0 Å². The first-order valence-corrected chi connectivity index (χ1v) is 7.07. The SMILES string of the molecule is CC1CCCC(CC(=O)c2cccc(Cl)c2Cl)N1. The van der Waals surface area contributed by atoms with Crippen LogP contribution in [0, 0.1) is 0 Å². The molecule has 1 saturated heterocycles. The maximum absolute atomic E-state index is 12.2. The van der Waals surface area contributed by atoms with Crippen molar-refractivity contribution in [1.29, 1.82) is 0 Å². The van der Waals surface area contributed by atoms with Gasteiger partial charge in [0.2, 0.25) is 0 Å². The molecule has 0 aliphatic carbocycles. The Bertz CT molecular complexity index is 447. The highest BCUT2D eigenvalue weighted by Crippen LogP contribution is 2.27. The lowest BCUT2D eigenvalue weighted by atomic mass is 9.94. The number of ketones is 1. The third kappa shape index (κ3) is 3.25. The standard InChI is InChI=1S/C14H17Cl2NO/c1-9-4-2-5-10(17-9)8-13(18)11-6-3-7-12(15)14(11)16/h3,6-7,9-10,17H,2,4-5,8H2,1H3. The zero-order valence-electron chi connectivity index (χ0n) is 10.4. The van der Waals surface area contributed by atoms with Crippen molar-refractivity contribution in [2.45, 2.75) is 44.7 Å². The highest BCUT2D eigenvalue weighted by molar-refractivity contribution is 6.43. The molecule has 18 heavy (non-hydrogen) atoms. The average molecular weight is 286 g/mol. The van der Waals surface area contributed by atoms with Crippen LogP contribution in [0.4, 0.5) is 0 Å². The number of halogens is 2. The van der Waals surface area contributed by atoms with Gasteiger partial charge in [0.05, 0.1) is 10.0 Å². The predicted octanol–water partition coefficient (Wildman–Crippen LogP) is 4.10. The minimum Gasteiger partial charge on any atom is -0.311 e. The molecule has 1 aromatic carbocycles. The molecule has 0 amide bonds. The Kier molecular flexibility index (Phi) is 4.66. The largest absolute Gasteiger partial charge is 0.311 e. The second-order valence-electron chi connectivity index (χ2n) is 4.92. The molecule has 0 spiro atoms. The number of Topliss-reactive ketones (excluding diaryl/α,β-unsaturated/α-hetero) is 1. The monoisotopic (exact) mass is 285 g/mol. The van der Waals surface area contributed by atoms with Crippen LogP contribution in [0.3, 0.4) is 0 Å². The summed E-state index contributed by atoms with van der Waals surface area (Å²) in [4.78, 5) is 12.2. The van der Waals surface area contributed by atoms with Crippen molar-refractivity contribution >= 4 is 29.0 Å². The third-order valence-electron chi connectivity index (χ3n) is 3.39. The number of rotatable bonds is 3. The van der Waals surface area contributed by atoms with Crippen molar-refractivity contribution in [3.8, 4) is 0 Å². The summed E-state index contributed by atoms with van der Waals surface area (Å²) in [6, 6.07) is 5.95. The molecule has 98 valence electrons. The molecule has 2 atom stereocenters. The number of carbonyl (C=O) groups is 1. The van der Waals surface area contributed by atoms with Crippen LogP contribution in [0.1, 0.15) is 43.0 Å². The van der Waals surface area contributed by atoms with Gasteiger partial charge in [-0.15, -0.1) is 0 Å². The van der Waals surface area contributed by atoms with Gasteiger partial charge in [0.25, 0.3) is 0 Å². The van der Waals surface area contributed by atoms with Gasteiger partial charge < -0.3 is 5.32 Å². The van der Waals surface area contributed by atoms with E-state index in [0.29, 0.717) is 28.1 Å². The van der Waals surface area contributed by atoms with Gasteiger partial charge in [-0.25, -0.2) is 0 Å². The zero-order valence-corrected chi connectivity index (χ0v) is 11.9. The van der Waals surface area contributed by atoms with E-state index in [1.165, 1.54) is 12.8 Å². The molecule has 0 bridgehead atoms. The first-order valence-electron chi connectivity index (χ1n) is 6.31. The summed E-state index contributed by atoms with van der Waals surface area (Å²) in [5.74, 6) is 0.0640. The second-order valence-corrected chi connectivity index (χ2v) is 5.71. The summed E-state index contributed by atoms with van der Waals surface area (Å²) in [5.41, 5.74) is 0.532. The van der Waals surface area contributed by atoms with Gasteiger partial charge in [-0.05, 0) is 31.9 Å². The summed E-state index contributed by atoms with van der Waals surface area (Å²) >= 11 is 12.0. The minimum atomic E-state index is 0.0640. The highest BCUT2D eigenvalue weighted by atomic mass is 35.5. The number of carbonyl (C=O) groups excluding carboxylic acids is 1. The number of hydrogen-bond acceptors (Lipinski definition) is 2. The Morgan fingerprint density at radius 3 is 2.89 bits per heavy atom. The number of piperidine rings is 1. The molecule has 1 aliphatic rings. The third-order valence-corrected chi connectivity index (χ3v) is 4.21. The normalized spacial score (nSPS) is 23.9. The smallest absolute Gasteiger partial charge is 0.165 e. The van der Waals surface area contributed by atoms with Crippen LogP contribution in [-0.4, -0.2) is 17.9 Å². The van der Waals surface area contributed by atoms with Crippen LogP contribution in [0.15, 0.2) is 18.2 Å². The van der Waals surface area contributed by atoms with Gasteiger partial charge in [-0.3, -0.25) is 4.79 Å². The molecule has 1 heterocycles. The molecule has 0 saturated carbocycles. The van der Waals surface area contributed by atoms with E-state index in [1.54, 1.807) is 18.2 Å². The average Bonchev–Trinajstić information content (AvgIpc) is 2.32. The number of nitrogens with one attached hydrogen (secondary N) is 1. The van der Waals surface area contributed by atoms with Gasteiger partial charge >= 0.3 is 0 Å². The van der Waals surface area contributed by atoms with E-state index in [1.807, 2.05) is 0 Å². The van der Waals surface area contributed by atoms with E-state index in [4.69, 9.17) is 23.2 Å². The second kappa shape index (κ2) is 6.05. The first kappa shape index (κ1) is 13.9. The Morgan fingerprint density at radius 2 is 2.17 bits per heavy atom. The van der Waals surface area contributed by atoms with Gasteiger partial charge in [0, 0.05) is 24.1 Å². The lowest BCUT2D eigenvalue weighted by Gasteiger charge is -2.28. The molecule has 2 unspecified atom stereocenters. The Hall–Kier alpha value is -0.570. The fourth-order valence-electron chi connectivity index (χ4n) is 2.45. The van der Waals surface area contributed by atoms with Crippen LogP contribution in [0.2, 0.25) is 10.0 Å². The van der Waals surface area contributed by atoms with Crippen LogP contribution in [0.25, 0.3) is 0 Å². The van der Waals surface area contributed by atoms with E-state index >= 15 is 0 Å². The maximum Gasteiger partial charge on any atom is 0.165 e. The van der Waals surface area contributed by atoms with Crippen molar-refractivity contribution < 1.29 is 4.79 Å². The van der Waals surface area contributed by atoms with Crippen molar-refractivity contribution in [1.82, 2.24) is 5.32 Å². The van der Waals surface area contributed by atoms with E-state index in [-0.39, 0.29) is 11.8 Å². The summed E-state index contributed by atoms with van der Waals surface area (Å²) < 4.78 is 0. The van der Waals surface area contributed by atoms with E-state index in [9.17, 15) is 4.79 Å². The lowest BCUT2D eigenvalue weighted by molar-refractivity contribution is 0.0960.